The predicted molar refractivity (Wildman–Crippen MR) is 69.2 cm³/mol. The van der Waals surface area contributed by atoms with Crippen LogP contribution in [0.3, 0.4) is 0 Å². The van der Waals surface area contributed by atoms with Gasteiger partial charge in [-0.2, -0.15) is 0 Å². The van der Waals surface area contributed by atoms with Crippen LogP contribution in [0.4, 0.5) is 0 Å². The number of hydrogen-bond donors (Lipinski definition) is 1. The average Bonchev–Trinajstić information content (AvgIpc) is 2.76. The van der Waals surface area contributed by atoms with Gasteiger partial charge >= 0.3 is 0 Å². The highest BCUT2D eigenvalue weighted by Gasteiger charge is 2.19. The minimum absolute atomic E-state index is 0.254. The largest absolute Gasteiger partial charge is 0.377 e. The summed E-state index contributed by atoms with van der Waals surface area (Å²) in [5, 5.41) is 3.44. The van der Waals surface area contributed by atoms with Crippen LogP contribution in [0.5, 0.6) is 0 Å². The van der Waals surface area contributed by atoms with E-state index in [1.807, 2.05) is 0 Å². The molecule has 0 spiro atoms. The van der Waals surface area contributed by atoms with Crippen molar-refractivity contribution in [1.82, 2.24) is 5.32 Å². The molecule has 0 radical (unpaired) electrons. The third kappa shape index (κ3) is 5.41. The first kappa shape index (κ1) is 14.1. The van der Waals surface area contributed by atoms with Crippen molar-refractivity contribution in [3.05, 3.63) is 0 Å². The third-order valence-electron chi connectivity index (χ3n) is 2.96. The summed E-state index contributed by atoms with van der Waals surface area (Å²) in [6.45, 7) is 6.18. The van der Waals surface area contributed by atoms with E-state index in [1.54, 1.807) is 0 Å². The summed E-state index contributed by atoms with van der Waals surface area (Å²) in [7, 11) is -0.731. The predicted octanol–water partition coefficient (Wildman–Crippen LogP) is 1.69. The molecule has 1 N–H and O–H groups in total. The number of ether oxygens (including phenoxy) is 1. The van der Waals surface area contributed by atoms with Crippen molar-refractivity contribution in [3.8, 4) is 0 Å². The minimum Gasteiger partial charge on any atom is -0.377 e. The summed E-state index contributed by atoms with van der Waals surface area (Å²) in [6.07, 6.45) is 4.66. The highest BCUT2D eigenvalue weighted by Crippen LogP contribution is 2.13. The van der Waals surface area contributed by atoms with Crippen LogP contribution in [0.25, 0.3) is 0 Å². The summed E-state index contributed by atoms with van der Waals surface area (Å²) in [5.41, 5.74) is 0. The molecule has 0 bridgehead atoms. The van der Waals surface area contributed by atoms with E-state index < -0.39 is 10.8 Å². The number of nitrogens with one attached hydrogen (secondary N) is 1. The lowest BCUT2D eigenvalue weighted by Gasteiger charge is -2.17. The standard InChI is InChI=1S/C12H25NO2S/c1-3-7-13-11(4-2)9-16(14)10-12-6-5-8-15-12/h11-13H,3-10H2,1-2H3. The Labute approximate surface area is 102 Å². The molecule has 0 aromatic carbocycles. The lowest BCUT2D eigenvalue weighted by molar-refractivity contribution is 0.128. The van der Waals surface area contributed by atoms with Crippen molar-refractivity contribution in [2.75, 3.05) is 24.7 Å². The van der Waals surface area contributed by atoms with Gasteiger partial charge in [-0.3, -0.25) is 4.21 Å². The smallest absolute Gasteiger partial charge is 0.0691 e. The molecule has 0 aliphatic carbocycles. The molecule has 16 heavy (non-hydrogen) atoms. The van der Waals surface area contributed by atoms with Gasteiger partial charge in [0.15, 0.2) is 0 Å². The summed E-state index contributed by atoms with van der Waals surface area (Å²) < 4.78 is 17.4. The maximum absolute atomic E-state index is 11.9. The van der Waals surface area contributed by atoms with Gasteiger partial charge in [0.1, 0.15) is 0 Å². The Bertz CT molecular complexity index is 205. The first-order valence-electron chi connectivity index (χ1n) is 6.46. The number of hydrogen-bond acceptors (Lipinski definition) is 3. The van der Waals surface area contributed by atoms with Crippen LogP contribution >= 0.6 is 0 Å². The Morgan fingerprint density at radius 2 is 2.31 bits per heavy atom. The van der Waals surface area contributed by atoms with Crippen molar-refractivity contribution in [1.29, 1.82) is 0 Å². The first-order chi connectivity index (χ1) is 7.76. The molecule has 3 atom stereocenters. The fraction of sp³-hybridized carbons (Fsp3) is 1.00. The molecule has 1 aliphatic heterocycles. The van der Waals surface area contributed by atoms with E-state index in [2.05, 4.69) is 19.2 Å². The zero-order valence-corrected chi connectivity index (χ0v) is 11.4. The molecule has 4 heteroatoms. The molecule has 0 aromatic heterocycles. The molecular weight excluding hydrogens is 222 g/mol. The van der Waals surface area contributed by atoms with E-state index in [0.717, 1.165) is 50.3 Å². The van der Waals surface area contributed by atoms with E-state index >= 15 is 0 Å². The second-order valence-corrected chi connectivity index (χ2v) is 6.01. The van der Waals surface area contributed by atoms with Gasteiger partial charge in [-0.25, -0.2) is 0 Å². The molecule has 1 aliphatic rings. The average molecular weight is 247 g/mol. The van der Waals surface area contributed by atoms with E-state index in [0.29, 0.717) is 6.04 Å². The fourth-order valence-corrected chi connectivity index (χ4v) is 3.56. The van der Waals surface area contributed by atoms with Crippen molar-refractivity contribution in [2.24, 2.45) is 0 Å². The number of rotatable bonds is 8. The maximum atomic E-state index is 11.9. The Morgan fingerprint density at radius 1 is 1.50 bits per heavy atom. The van der Waals surface area contributed by atoms with Crippen molar-refractivity contribution >= 4 is 10.8 Å². The molecule has 3 unspecified atom stereocenters. The summed E-state index contributed by atoms with van der Waals surface area (Å²) in [4.78, 5) is 0. The Balaban J connectivity index is 2.19. The highest BCUT2D eigenvalue weighted by molar-refractivity contribution is 7.85. The monoisotopic (exact) mass is 247 g/mol. The van der Waals surface area contributed by atoms with Gasteiger partial charge in [-0.05, 0) is 32.2 Å². The van der Waals surface area contributed by atoms with Gasteiger partial charge in [-0.15, -0.1) is 0 Å². The van der Waals surface area contributed by atoms with Gasteiger partial charge in [0.25, 0.3) is 0 Å². The van der Waals surface area contributed by atoms with Crippen LogP contribution in [0.1, 0.15) is 39.5 Å². The molecule has 1 heterocycles. The molecule has 96 valence electrons. The maximum Gasteiger partial charge on any atom is 0.0691 e. The van der Waals surface area contributed by atoms with Gasteiger partial charge < -0.3 is 10.1 Å². The van der Waals surface area contributed by atoms with E-state index in [-0.39, 0.29) is 6.10 Å². The van der Waals surface area contributed by atoms with Gasteiger partial charge in [0, 0.05) is 35.0 Å². The molecule has 0 aromatic rings. The first-order valence-corrected chi connectivity index (χ1v) is 7.95. The van der Waals surface area contributed by atoms with Crippen LogP contribution < -0.4 is 5.32 Å². The molecule has 1 fully saturated rings. The summed E-state index contributed by atoms with van der Waals surface area (Å²) in [5.74, 6) is 1.50. The van der Waals surface area contributed by atoms with Gasteiger partial charge in [0.05, 0.1) is 6.10 Å². The van der Waals surface area contributed by atoms with Crippen molar-refractivity contribution in [2.45, 2.75) is 51.7 Å². The normalized spacial score (nSPS) is 24.5. The molecular formula is C12H25NO2S. The minimum atomic E-state index is -0.731. The van der Waals surface area contributed by atoms with Crippen molar-refractivity contribution in [3.63, 3.8) is 0 Å². The van der Waals surface area contributed by atoms with Crippen LogP contribution in [-0.2, 0) is 15.5 Å². The zero-order valence-electron chi connectivity index (χ0n) is 10.5. The van der Waals surface area contributed by atoms with Crippen LogP contribution in [0, 0.1) is 0 Å². The molecule has 1 saturated heterocycles. The topological polar surface area (TPSA) is 38.3 Å². The molecule has 0 amide bonds. The van der Waals surface area contributed by atoms with Gasteiger partial charge in [0.2, 0.25) is 0 Å². The van der Waals surface area contributed by atoms with E-state index in [1.165, 1.54) is 0 Å². The second kappa shape index (κ2) is 8.20. The highest BCUT2D eigenvalue weighted by atomic mass is 32.2. The van der Waals surface area contributed by atoms with Crippen LogP contribution in [0.2, 0.25) is 0 Å². The lowest BCUT2D eigenvalue weighted by Crippen LogP contribution is -2.35. The molecule has 0 saturated carbocycles. The molecule has 1 rings (SSSR count). The summed E-state index contributed by atoms with van der Waals surface area (Å²) >= 11 is 0. The quantitative estimate of drug-likeness (QED) is 0.709. The van der Waals surface area contributed by atoms with E-state index in [9.17, 15) is 4.21 Å². The lowest BCUT2D eigenvalue weighted by atomic mass is 10.2. The van der Waals surface area contributed by atoms with Crippen LogP contribution in [-0.4, -0.2) is 41.0 Å². The van der Waals surface area contributed by atoms with Gasteiger partial charge in [-0.1, -0.05) is 13.8 Å². The summed E-state index contributed by atoms with van der Waals surface area (Å²) in [6, 6.07) is 0.405. The molecule has 3 nitrogen and oxygen atoms in total. The second-order valence-electron chi connectivity index (χ2n) is 4.47. The SMILES string of the molecule is CCCNC(CC)CS(=O)CC1CCCO1. The van der Waals surface area contributed by atoms with Crippen molar-refractivity contribution < 1.29 is 8.95 Å². The third-order valence-corrected chi connectivity index (χ3v) is 4.48. The van der Waals surface area contributed by atoms with E-state index in [4.69, 9.17) is 4.74 Å². The Kier molecular flexibility index (Phi) is 7.25. The fourth-order valence-electron chi connectivity index (χ4n) is 1.95. The Hall–Kier alpha value is 0.0700. The Morgan fingerprint density at radius 3 is 2.88 bits per heavy atom. The zero-order chi connectivity index (χ0) is 11.8. The van der Waals surface area contributed by atoms with Crippen LogP contribution in [0.15, 0.2) is 0 Å².